The summed E-state index contributed by atoms with van der Waals surface area (Å²) in [4.78, 5) is 38.8. The molecule has 0 radical (unpaired) electrons. The number of esters is 1. The van der Waals surface area contributed by atoms with Crippen LogP contribution in [0.4, 0.5) is 0 Å². The van der Waals surface area contributed by atoms with E-state index in [2.05, 4.69) is 10.1 Å². The minimum absolute atomic E-state index is 0.0139. The number of nitrogens with zero attached hydrogens (tertiary/aromatic N) is 1. The molecule has 130 valence electrons. The summed E-state index contributed by atoms with van der Waals surface area (Å²) in [6, 6.07) is 10.2. The number of carbonyl (C=O) groups is 3. The molecule has 1 aromatic heterocycles. The maximum Gasteiger partial charge on any atom is 0.337 e. The predicted octanol–water partition coefficient (Wildman–Crippen LogP) is 1.60. The fourth-order valence-corrected chi connectivity index (χ4v) is 3.52. The Kier molecular flexibility index (Phi) is 5.14. The zero-order chi connectivity index (χ0) is 17.8. The van der Waals surface area contributed by atoms with E-state index in [1.807, 2.05) is 17.5 Å². The van der Waals surface area contributed by atoms with Crippen LogP contribution >= 0.6 is 11.3 Å². The van der Waals surface area contributed by atoms with Gasteiger partial charge in [0.2, 0.25) is 11.8 Å². The Morgan fingerprint density at radius 2 is 2.04 bits per heavy atom. The number of benzene rings is 1. The lowest BCUT2D eigenvalue weighted by Crippen LogP contribution is -2.58. The molecule has 0 aliphatic carbocycles. The first-order valence-corrected chi connectivity index (χ1v) is 8.73. The Morgan fingerprint density at radius 3 is 2.68 bits per heavy atom. The molecule has 2 amide bonds. The molecule has 1 fully saturated rings. The van der Waals surface area contributed by atoms with E-state index < -0.39 is 12.0 Å². The maximum absolute atomic E-state index is 12.3. The third-order valence-electron chi connectivity index (χ3n) is 4.12. The molecular weight excluding hydrogens is 340 g/mol. The van der Waals surface area contributed by atoms with E-state index in [-0.39, 0.29) is 18.4 Å². The van der Waals surface area contributed by atoms with Crippen molar-refractivity contribution in [2.24, 2.45) is 0 Å². The van der Waals surface area contributed by atoms with Crippen LogP contribution in [0.5, 0.6) is 0 Å². The number of hydrogen-bond acceptors (Lipinski definition) is 5. The topological polar surface area (TPSA) is 75.7 Å². The number of nitrogens with one attached hydrogen (secondary N) is 1. The van der Waals surface area contributed by atoms with Gasteiger partial charge in [0, 0.05) is 17.8 Å². The second-order valence-corrected chi connectivity index (χ2v) is 6.76. The van der Waals surface area contributed by atoms with Crippen molar-refractivity contribution in [3.05, 3.63) is 57.8 Å². The highest BCUT2D eigenvalue weighted by Gasteiger charge is 2.34. The van der Waals surface area contributed by atoms with Crippen molar-refractivity contribution >= 4 is 29.1 Å². The molecule has 2 aromatic rings. The molecule has 1 aliphatic heterocycles. The Hall–Kier alpha value is -2.67. The molecule has 1 atom stereocenters. The summed E-state index contributed by atoms with van der Waals surface area (Å²) in [6.07, 6.45) is 0.496. The fourth-order valence-electron chi connectivity index (χ4n) is 2.78. The van der Waals surface area contributed by atoms with Gasteiger partial charge >= 0.3 is 5.97 Å². The van der Waals surface area contributed by atoms with Crippen molar-refractivity contribution in [1.29, 1.82) is 0 Å². The van der Waals surface area contributed by atoms with Gasteiger partial charge in [0.25, 0.3) is 0 Å². The molecule has 1 unspecified atom stereocenters. The number of rotatable bonds is 5. The number of methoxy groups -OCH3 is 1. The number of amides is 2. The molecule has 1 N–H and O–H groups in total. The number of piperazine rings is 1. The van der Waals surface area contributed by atoms with Gasteiger partial charge in [0.05, 0.1) is 19.2 Å². The molecule has 2 heterocycles. The predicted molar refractivity (Wildman–Crippen MR) is 93.2 cm³/mol. The van der Waals surface area contributed by atoms with Gasteiger partial charge in [-0.05, 0) is 29.1 Å². The smallest absolute Gasteiger partial charge is 0.337 e. The van der Waals surface area contributed by atoms with Crippen LogP contribution < -0.4 is 5.32 Å². The van der Waals surface area contributed by atoms with Crippen LogP contribution in [-0.2, 0) is 27.3 Å². The maximum atomic E-state index is 12.3. The van der Waals surface area contributed by atoms with Crippen LogP contribution in [0.3, 0.4) is 0 Å². The molecule has 1 aromatic carbocycles. The van der Waals surface area contributed by atoms with Crippen molar-refractivity contribution in [3.8, 4) is 0 Å². The summed E-state index contributed by atoms with van der Waals surface area (Å²) < 4.78 is 4.68. The minimum Gasteiger partial charge on any atom is -0.465 e. The average molecular weight is 358 g/mol. The Bertz CT molecular complexity index is 771. The lowest BCUT2D eigenvalue weighted by molar-refractivity contribution is -0.146. The van der Waals surface area contributed by atoms with Crippen LogP contribution in [0.15, 0.2) is 41.8 Å². The number of hydrogen-bond donors (Lipinski definition) is 1. The molecule has 25 heavy (non-hydrogen) atoms. The van der Waals surface area contributed by atoms with E-state index in [4.69, 9.17) is 0 Å². The second kappa shape index (κ2) is 7.48. The summed E-state index contributed by atoms with van der Waals surface area (Å²) in [7, 11) is 1.33. The Balaban J connectivity index is 1.78. The van der Waals surface area contributed by atoms with Gasteiger partial charge in [0.1, 0.15) is 6.04 Å². The van der Waals surface area contributed by atoms with Crippen molar-refractivity contribution in [3.63, 3.8) is 0 Å². The second-order valence-electron chi connectivity index (χ2n) is 5.73. The van der Waals surface area contributed by atoms with Crippen LogP contribution in [0, 0.1) is 0 Å². The van der Waals surface area contributed by atoms with Gasteiger partial charge < -0.3 is 15.0 Å². The van der Waals surface area contributed by atoms with Crippen molar-refractivity contribution < 1.29 is 19.1 Å². The zero-order valence-corrected chi connectivity index (χ0v) is 14.5. The van der Waals surface area contributed by atoms with Gasteiger partial charge in [-0.3, -0.25) is 9.59 Å². The van der Waals surface area contributed by atoms with Crippen molar-refractivity contribution in [2.75, 3.05) is 13.7 Å². The van der Waals surface area contributed by atoms with Gasteiger partial charge in [-0.25, -0.2) is 4.79 Å². The van der Waals surface area contributed by atoms with Crippen LogP contribution in [0.2, 0.25) is 0 Å². The number of carbonyl (C=O) groups excluding carboxylic acids is 3. The van der Waals surface area contributed by atoms with Gasteiger partial charge in [0.15, 0.2) is 0 Å². The summed E-state index contributed by atoms with van der Waals surface area (Å²) in [6.45, 7) is 0.337. The van der Waals surface area contributed by atoms with Crippen LogP contribution in [0.1, 0.15) is 20.8 Å². The molecule has 0 saturated carbocycles. The Morgan fingerprint density at radius 1 is 1.28 bits per heavy atom. The molecule has 1 saturated heterocycles. The lowest BCUT2D eigenvalue weighted by Gasteiger charge is -2.35. The van der Waals surface area contributed by atoms with Gasteiger partial charge in [-0.15, -0.1) is 11.3 Å². The van der Waals surface area contributed by atoms with E-state index in [1.165, 1.54) is 7.11 Å². The third kappa shape index (κ3) is 3.88. The SMILES string of the molecule is COC(=O)c1ccc(CN2C(=O)CNC(=O)C2Cc2cccs2)cc1. The lowest BCUT2D eigenvalue weighted by atomic mass is 10.0. The normalized spacial score (nSPS) is 17.3. The Labute approximate surface area is 149 Å². The van der Waals surface area contributed by atoms with E-state index in [0.29, 0.717) is 18.5 Å². The molecule has 0 spiro atoms. The van der Waals surface area contributed by atoms with Crippen LogP contribution in [0.25, 0.3) is 0 Å². The van der Waals surface area contributed by atoms with E-state index in [9.17, 15) is 14.4 Å². The van der Waals surface area contributed by atoms with E-state index in [1.54, 1.807) is 40.5 Å². The number of thiophene rings is 1. The fraction of sp³-hybridized carbons (Fsp3) is 0.278. The zero-order valence-electron chi connectivity index (χ0n) is 13.7. The molecular formula is C18H18N2O4S. The molecule has 1 aliphatic rings. The summed E-state index contributed by atoms with van der Waals surface area (Å²) in [5.41, 5.74) is 1.30. The molecule has 6 nitrogen and oxygen atoms in total. The molecule has 7 heteroatoms. The van der Waals surface area contributed by atoms with Gasteiger partial charge in [-0.2, -0.15) is 0 Å². The quantitative estimate of drug-likeness (QED) is 0.824. The highest BCUT2D eigenvalue weighted by atomic mass is 32.1. The average Bonchev–Trinajstić information content (AvgIpc) is 3.14. The highest BCUT2D eigenvalue weighted by Crippen LogP contribution is 2.19. The van der Waals surface area contributed by atoms with E-state index in [0.717, 1.165) is 10.4 Å². The standard InChI is InChI=1S/C18H18N2O4S/c1-24-18(23)13-6-4-12(5-7-13)11-20-15(9-14-3-2-8-25-14)17(22)19-10-16(20)21/h2-8,15H,9-11H2,1H3,(H,19,22). The number of ether oxygens (including phenoxy) is 1. The minimum atomic E-state index is -0.528. The van der Waals surface area contributed by atoms with E-state index >= 15 is 0 Å². The first-order valence-electron chi connectivity index (χ1n) is 7.85. The largest absolute Gasteiger partial charge is 0.465 e. The summed E-state index contributed by atoms with van der Waals surface area (Å²) in [5.74, 6) is -0.659. The third-order valence-corrected chi connectivity index (χ3v) is 5.01. The first kappa shape index (κ1) is 17.2. The van der Waals surface area contributed by atoms with Crippen molar-refractivity contribution in [1.82, 2.24) is 10.2 Å². The monoisotopic (exact) mass is 358 g/mol. The first-order chi connectivity index (χ1) is 12.1. The van der Waals surface area contributed by atoms with Gasteiger partial charge in [-0.1, -0.05) is 18.2 Å². The highest BCUT2D eigenvalue weighted by molar-refractivity contribution is 7.09. The molecule has 0 bridgehead atoms. The summed E-state index contributed by atoms with van der Waals surface area (Å²) in [5, 5.41) is 4.61. The molecule has 3 rings (SSSR count). The summed E-state index contributed by atoms with van der Waals surface area (Å²) >= 11 is 1.57. The van der Waals surface area contributed by atoms with Crippen molar-refractivity contribution in [2.45, 2.75) is 19.0 Å². The van der Waals surface area contributed by atoms with Crippen LogP contribution in [-0.4, -0.2) is 42.4 Å².